The second kappa shape index (κ2) is 6.72. The van der Waals surface area contributed by atoms with E-state index in [1.54, 1.807) is 6.20 Å². The topological polar surface area (TPSA) is 12.4 Å². The molecule has 0 radical (unpaired) electrons. The van der Waals surface area contributed by atoms with E-state index >= 15 is 0 Å². The molecule has 0 heterocycles. The monoisotopic (exact) mass is 247 g/mol. The lowest BCUT2D eigenvalue weighted by Gasteiger charge is -2.28. The van der Waals surface area contributed by atoms with Crippen molar-refractivity contribution < 1.29 is 0 Å². The van der Waals surface area contributed by atoms with Gasteiger partial charge < -0.3 is 0 Å². The van der Waals surface area contributed by atoms with Gasteiger partial charge in [-0.15, -0.1) is 0 Å². The Morgan fingerprint density at radius 3 is 2.00 bits per heavy atom. The van der Waals surface area contributed by atoms with Gasteiger partial charge in [-0.3, -0.25) is 4.99 Å². The summed E-state index contributed by atoms with van der Waals surface area (Å²) in [4.78, 5) is 4.41. The second-order valence-electron chi connectivity index (χ2n) is 6.38. The molecule has 0 N–H and O–H groups in total. The molecule has 0 spiro atoms. The maximum Gasteiger partial charge on any atom is 0.0459 e. The van der Waals surface area contributed by atoms with Crippen LogP contribution in [0.1, 0.15) is 54.4 Å². The molecule has 0 saturated carbocycles. The summed E-state index contributed by atoms with van der Waals surface area (Å²) in [5, 5.41) is 0. The van der Waals surface area contributed by atoms with Crippen molar-refractivity contribution in [2.24, 2.45) is 15.8 Å². The van der Waals surface area contributed by atoms with Gasteiger partial charge in [0, 0.05) is 17.3 Å². The van der Waals surface area contributed by atoms with Gasteiger partial charge in [-0.25, -0.2) is 0 Å². The van der Waals surface area contributed by atoms with E-state index in [0.29, 0.717) is 0 Å². The molecule has 18 heavy (non-hydrogen) atoms. The Labute approximate surface area is 113 Å². The van der Waals surface area contributed by atoms with Crippen molar-refractivity contribution in [2.75, 3.05) is 0 Å². The highest BCUT2D eigenvalue weighted by atomic mass is 14.7. The number of hydrogen-bond acceptors (Lipinski definition) is 1. The minimum absolute atomic E-state index is 0.0186. The van der Waals surface area contributed by atoms with E-state index < -0.39 is 0 Å². The standard InChI is InChI=1S/C17H29N/c1-9-12-17(7,8)14(10-2)13-15(18-11-3)16(4,5)6/h10-11,13H,2-3,9,12H2,1,4-8H3/b14-13+,18-15+. The predicted octanol–water partition coefficient (Wildman–Crippen LogP) is 5.56. The molecule has 0 aromatic rings. The minimum atomic E-state index is 0.0186. The van der Waals surface area contributed by atoms with Gasteiger partial charge in [0.2, 0.25) is 0 Å². The minimum Gasteiger partial charge on any atom is -0.261 e. The summed E-state index contributed by atoms with van der Waals surface area (Å²) >= 11 is 0. The Morgan fingerprint density at radius 2 is 1.67 bits per heavy atom. The van der Waals surface area contributed by atoms with Crippen LogP contribution in [0.4, 0.5) is 0 Å². The van der Waals surface area contributed by atoms with Crippen molar-refractivity contribution in [3.8, 4) is 0 Å². The van der Waals surface area contributed by atoms with Crippen molar-refractivity contribution in [2.45, 2.75) is 54.4 Å². The summed E-state index contributed by atoms with van der Waals surface area (Å²) in [5.41, 5.74) is 2.46. The molecule has 0 aliphatic rings. The largest absolute Gasteiger partial charge is 0.261 e. The Morgan fingerprint density at radius 1 is 1.11 bits per heavy atom. The summed E-state index contributed by atoms with van der Waals surface area (Å²) in [6.07, 6.45) is 8.06. The van der Waals surface area contributed by atoms with Gasteiger partial charge in [-0.1, -0.05) is 67.2 Å². The van der Waals surface area contributed by atoms with Crippen LogP contribution in [-0.4, -0.2) is 5.71 Å². The van der Waals surface area contributed by atoms with E-state index in [2.05, 4.69) is 65.8 Å². The van der Waals surface area contributed by atoms with Crippen molar-refractivity contribution in [1.29, 1.82) is 0 Å². The molecule has 102 valence electrons. The number of nitrogens with zero attached hydrogens (tertiary/aromatic N) is 1. The van der Waals surface area contributed by atoms with Gasteiger partial charge >= 0.3 is 0 Å². The van der Waals surface area contributed by atoms with E-state index in [4.69, 9.17) is 0 Å². The third-order valence-electron chi connectivity index (χ3n) is 3.17. The fraction of sp³-hybridized carbons (Fsp3) is 0.588. The Bertz CT molecular complexity index is 348. The lowest BCUT2D eigenvalue weighted by atomic mass is 9.77. The summed E-state index contributed by atoms with van der Waals surface area (Å²) in [6.45, 7) is 20.9. The summed E-state index contributed by atoms with van der Waals surface area (Å²) in [7, 11) is 0. The quantitative estimate of drug-likeness (QED) is 0.430. The number of hydrogen-bond donors (Lipinski definition) is 0. The third-order valence-corrected chi connectivity index (χ3v) is 3.17. The molecule has 0 saturated heterocycles. The molecule has 0 unspecified atom stereocenters. The highest BCUT2D eigenvalue weighted by Gasteiger charge is 2.23. The first-order valence-electron chi connectivity index (χ1n) is 6.72. The smallest absolute Gasteiger partial charge is 0.0459 e. The SMILES string of the molecule is C=C/N=C(\C=C(/C=C)C(C)(C)CCC)C(C)(C)C. The van der Waals surface area contributed by atoms with Crippen LogP contribution >= 0.6 is 0 Å². The maximum atomic E-state index is 4.41. The maximum absolute atomic E-state index is 4.41. The summed E-state index contributed by atoms with van der Waals surface area (Å²) in [5.74, 6) is 0. The molecule has 0 aliphatic heterocycles. The van der Waals surface area contributed by atoms with E-state index in [1.807, 2.05) is 6.08 Å². The molecular weight excluding hydrogens is 218 g/mol. The van der Waals surface area contributed by atoms with Gasteiger partial charge in [0.05, 0.1) is 0 Å². The van der Waals surface area contributed by atoms with Crippen molar-refractivity contribution in [3.05, 3.63) is 37.1 Å². The molecule has 0 rings (SSSR count). The van der Waals surface area contributed by atoms with Gasteiger partial charge in [-0.2, -0.15) is 0 Å². The van der Waals surface area contributed by atoms with Crippen LogP contribution in [0.5, 0.6) is 0 Å². The zero-order valence-corrected chi connectivity index (χ0v) is 13.0. The molecule has 0 fully saturated rings. The van der Waals surface area contributed by atoms with Crippen LogP contribution in [0.25, 0.3) is 0 Å². The van der Waals surface area contributed by atoms with E-state index in [1.165, 1.54) is 12.0 Å². The van der Waals surface area contributed by atoms with E-state index in [-0.39, 0.29) is 10.8 Å². The molecule has 0 amide bonds. The Hall–Kier alpha value is -1.11. The van der Waals surface area contributed by atoms with Crippen molar-refractivity contribution in [3.63, 3.8) is 0 Å². The predicted molar refractivity (Wildman–Crippen MR) is 84.1 cm³/mol. The fourth-order valence-corrected chi connectivity index (χ4v) is 1.99. The zero-order chi connectivity index (χ0) is 14.4. The molecule has 0 atom stereocenters. The molecule has 1 heteroatoms. The third kappa shape index (κ3) is 5.03. The molecule has 0 aliphatic carbocycles. The highest BCUT2D eigenvalue weighted by Crippen LogP contribution is 2.33. The Kier molecular flexibility index (Phi) is 6.31. The van der Waals surface area contributed by atoms with Crippen molar-refractivity contribution >= 4 is 5.71 Å². The van der Waals surface area contributed by atoms with Crippen LogP contribution in [0.3, 0.4) is 0 Å². The van der Waals surface area contributed by atoms with Crippen LogP contribution in [0, 0.1) is 10.8 Å². The van der Waals surface area contributed by atoms with E-state index in [9.17, 15) is 0 Å². The van der Waals surface area contributed by atoms with Gasteiger partial charge in [0.25, 0.3) is 0 Å². The lowest BCUT2D eigenvalue weighted by molar-refractivity contribution is 0.412. The summed E-state index contributed by atoms with van der Waals surface area (Å²) < 4.78 is 0. The summed E-state index contributed by atoms with van der Waals surface area (Å²) in [6, 6.07) is 0. The van der Waals surface area contributed by atoms with E-state index in [0.717, 1.165) is 12.1 Å². The first-order chi connectivity index (χ1) is 8.19. The molecule has 0 bridgehead atoms. The number of aliphatic imine (C=N–C) groups is 1. The van der Waals surface area contributed by atoms with Gasteiger partial charge in [-0.05, 0) is 23.5 Å². The van der Waals surface area contributed by atoms with Crippen molar-refractivity contribution in [1.82, 2.24) is 0 Å². The van der Waals surface area contributed by atoms with Crippen LogP contribution in [0.2, 0.25) is 0 Å². The van der Waals surface area contributed by atoms with Crippen LogP contribution < -0.4 is 0 Å². The van der Waals surface area contributed by atoms with Gasteiger partial charge in [0.1, 0.15) is 0 Å². The molecular formula is C17H29N. The first kappa shape index (κ1) is 16.9. The average Bonchev–Trinajstić information content (AvgIpc) is 2.21. The van der Waals surface area contributed by atoms with Gasteiger partial charge in [0.15, 0.2) is 0 Å². The second-order valence-corrected chi connectivity index (χ2v) is 6.38. The molecule has 0 aromatic heterocycles. The molecule has 0 aromatic carbocycles. The average molecular weight is 247 g/mol. The molecule has 1 nitrogen and oxygen atoms in total. The number of rotatable bonds is 6. The zero-order valence-electron chi connectivity index (χ0n) is 13.0. The van der Waals surface area contributed by atoms with Crippen LogP contribution in [0.15, 0.2) is 42.1 Å². The fourth-order valence-electron chi connectivity index (χ4n) is 1.99. The number of allylic oxidation sites excluding steroid dienone is 3. The lowest BCUT2D eigenvalue weighted by Crippen LogP contribution is -2.21. The van der Waals surface area contributed by atoms with Crippen LogP contribution in [-0.2, 0) is 0 Å². The first-order valence-corrected chi connectivity index (χ1v) is 6.72. The Balaban J connectivity index is 5.51. The normalized spacial score (nSPS) is 14.6. The highest BCUT2D eigenvalue weighted by molar-refractivity contribution is 6.00.